The van der Waals surface area contributed by atoms with Gasteiger partial charge in [0.15, 0.2) is 0 Å². The number of piperidine rings is 1. The van der Waals surface area contributed by atoms with Gasteiger partial charge in [0.25, 0.3) is 5.91 Å². The molecule has 1 saturated heterocycles. The van der Waals surface area contributed by atoms with Crippen molar-refractivity contribution in [3.63, 3.8) is 0 Å². The second-order valence-electron chi connectivity index (χ2n) is 6.61. The highest BCUT2D eigenvalue weighted by Crippen LogP contribution is 2.22. The number of likely N-dealkylation sites (tertiary alicyclic amines) is 1. The van der Waals surface area contributed by atoms with Gasteiger partial charge >= 0.3 is 0 Å². The number of amides is 1. The lowest BCUT2D eigenvalue weighted by atomic mass is 10.0. The zero-order valence-corrected chi connectivity index (χ0v) is 14.2. The number of hydrogen-bond donors (Lipinski definition) is 0. The van der Waals surface area contributed by atoms with E-state index in [-0.39, 0.29) is 5.91 Å². The minimum absolute atomic E-state index is 0.123. The maximum absolute atomic E-state index is 12.8. The Morgan fingerprint density at radius 1 is 1.12 bits per heavy atom. The lowest BCUT2D eigenvalue weighted by Gasteiger charge is -2.33. The minimum Gasteiger partial charge on any atom is -0.350 e. The van der Waals surface area contributed by atoms with Crippen LogP contribution < -0.4 is 0 Å². The molecule has 1 amide bonds. The van der Waals surface area contributed by atoms with Gasteiger partial charge in [0.1, 0.15) is 0 Å². The van der Waals surface area contributed by atoms with Crippen LogP contribution in [-0.2, 0) is 6.54 Å². The van der Waals surface area contributed by atoms with Crippen LogP contribution >= 0.6 is 0 Å². The molecular formula is C20H22N4O. The van der Waals surface area contributed by atoms with Crippen LogP contribution in [0.1, 0.15) is 34.8 Å². The molecule has 0 unspecified atom stereocenters. The van der Waals surface area contributed by atoms with Gasteiger partial charge in [-0.15, -0.1) is 0 Å². The van der Waals surface area contributed by atoms with Crippen LogP contribution in [-0.4, -0.2) is 38.0 Å². The number of rotatable bonds is 4. The molecule has 1 aliphatic heterocycles. The normalized spacial score (nSPS) is 17.6. The van der Waals surface area contributed by atoms with E-state index in [1.54, 1.807) is 6.20 Å². The standard InChI is InChI=1S/C20H22N4O/c25-20(23-12-3-4-19(15-23)24-13-9-21-16-24)18-7-5-17(6-8-18)14-22-10-1-2-11-22/h1-2,5-11,13,16,19H,3-4,12,14-15H2/t19-/m1/s1. The van der Waals surface area contributed by atoms with E-state index >= 15 is 0 Å². The Balaban J connectivity index is 1.43. The van der Waals surface area contributed by atoms with Gasteiger partial charge < -0.3 is 14.0 Å². The van der Waals surface area contributed by atoms with E-state index in [1.165, 1.54) is 5.56 Å². The van der Waals surface area contributed by atoms with Crippen molar-refractivity contribution < 1.29 is 4.79 Å². The Labute approximate surface area is 147 Å². The van der Waals surface area contributed by atoms with Gasteiger partial charge in [0, 0.05) is 50.0 Å². The van der Waals surface area contributed by atoms with Crippen molar-refractivity contribution in [1.82, 2.24) is 19.0 Å². The number of carbonyl (C=O) groups excluding carboxylic acids is 1. The van der Waals surface area contributed by atoms with Crippen LogP contribution in [0.3, 0.4) is 0 Å². The summed E-state index contributed by atoms with van der Waals surface area (Å²) >= 11 is 0. The molecule has 25 heavy (non-hydrogen) atoms. The highest BCUT2D eigenvalue weighted by atomic mass is 16.2. The third-order valence-corrected chi connectivity index (χ3v) is 4.86. The monoisotopic (exact) mass is 334 g/mol. The smallest absolute Gasteiger partial charge is 0.253 e. The third-order valence-electron chi connectivity index (χ3n) is 4.86. The molecule has 1 atom stereocenters. The lowest BCUT2D eigenvalue weighted by Crippen LogP contribution is -2.40. The van der Waals surface area contributed by atoms with Gasteiger partial charge in [-0.2, -0.15) is 0 Å². The summed E-state index contributed by atoms with van der Waals surface area (Å²) in [5.41, 5.74) is 1.96. The van der Waals surface area contributed by atoms with Crippen molar-refractivity contribution in [3.8, 4) is 0 Å². The molecule has 3 heterocycles. The molecule has 0 spiro atoms. The highest BCUT2D eigenvalue weighted by molar-refractivity contribution is 5.94. The van der Waals surface area contributed by atoms with Crippen molar-refractivity contribution in [3.05, 3.63) is 78.6 Å². The molecule has 3 aromatic rings. The van der Waals surface area contributed by atoms with Crippen molar-refractivity contribution in [2.24, 2.45) is 0 Å². The molecule has 0 radical (unpaired) electrons. The van der Waals surface area contributed by atoms with Crippen LogP contribution in [0.2, 0.25) is 0 Å². The number of nitrogens with zero attached hydrogens (tertiary/aromatic N) is 4. The molecule has 0 aliphatic carbocycles. The van der Waals surface area contributed by atoms with Gasteiger partial charge in [-0.3, -0.25) is 4.79 Å². The first kappa shape index (κ1) is 15.7. The maximum Gasteiger partial charge on any atom is 0.253 e. The first-order valence-corrected chi connectivity index (χ1v) is 8.76. The summed E-state index contributed by atoms with van der Waals surface area (Å²) in [5.74, 6) is 0.123. The van der Waals surface area contributed by atoms with E-state index < -0.39 is 0 Å². The molecule has 5 nitrogen and oxygen atoms in total. The van der Waals surface area contributed by atoms with E-state index in [0.717, 1.165) is 38.0 Å². The molecule has 1 fully saturated rings. The summed E-state index contributed by atoms with van der Waals surface area (Å²) in [6, 6.07) is 12.3. The Kier molecular flexibility index (Phi) is 4.37. The lowest BCUT2D eigenvalue weighted by molar-refractivity contribution is 0.0679. The van der Waals surface area contributed by atoms with Crippen LogP contribution in [0, 0.1) is 0 Å². The predicted octanol–water partition coefficient (Wildman–Crippen LogP) is 3.21. The predicted molar refractivity (Wildman–Crippen MR) is 96.4 cm³/mol. The molecule has 5 heteroatoms. The Morgan fingerprint density at radius 3 is 2.64 bits per heavy atom. The molecule has 0 bridgehead atoms. The number of benzene rings is 1. The van der Waals surface area contributed by atoms with Crippen molar-refractivity contribution in [2.45, 2.75) is 25.4 Å². The van der Waals surface area contributed by atoms with Gasteiger partial charge in [-0.25, -0.2) is 4.98 Å². The maximum atomic E-state index is 12.8. The fourth-order valence-corrected chi connectivity index (χ4v) is 3.49. The van der Waals surface area contributed by atoms with Crippen LogP contribution in [0.5, 0.6) is 0 Å². The highest BCUT2D eigenvalue weighted by Gasteiger charge is 2.25. The van der Waals surface area contributed by atoms with Gasteiger partial charge in [0.2, 0.25) is 0 Å². The molecule has 128 valence electrons. The zero-order valence-electron chi connectivity index (χ0n) is 14.2. The summed E-state index contributed by atoms with van der Waals surface area (Å²) in [6.07, 6.45) is 11.8. The molecule has 1 aromatic carbocycles. The summed E-state index contributed by atoms with van der Waals surface area (Å²) in [4.78, 5) is 18.9. The second kappa shape index (κ2) is 6.97. The van der Waals surface area contributed by atoms with E-state index in [9.17, 15) is 4.79 Å². The van der Waals surface area contributed by atoms with E-state index in [1.807, 2.05) is 66.2 Å². The SMILES string of the molecule is O=C(c1ccc(Cn2cccc2)cc1)N1CCC[C@@H](n2ccnc2)C1. The van der Waals surface area contributed by atoms with Crippen molar-refractivity contribution in [2.75, 3.05) is 13.1 Å². The average molecular weight is 334 g/mol. The molecule has 0 N–H and O–H groups in total. The van der Waals surface area contributed by atoms with Gasteiger partial charge in [-0.05, 0) is 42.7 Å². The Hall–Kier alpha value is -2.82. The van der Waals surface area contributed by atoms with Gasteiger partial charge in [0.05, 0.1) is 12.4 Å². The Bertz CT molecular complexity index is 806. The largest absolute Gasteiger partial charge is 0.350 e. The van der Waals surface area contributed by atoms with Crippen LogP contribution in [0.4, 0.5) is 0 Å². The fraction of sp³-hybridized carbons (Fsp3) is 0.300. The zero-order chi connectivity index (χ0) is 17.1. The first-order valence-electron chi connectivity index (χ1n) is 8.76. The molecule has 1 aliphatic rings. The minimum atomic E-state index is 0.123. The summed E-state index contributed by atoms with van der Waals surface area (Å²) in [5, 5.41) is 0. The first-order chi connectivity index (χ1) is 12.3. The fourth-order valence-electron chi connectivity index (χ4n) is 3.49. The number of imidazole rings is 1. The summed E-state index contributed by atoms with van der Waals surface area (Å²) in [7, 11) is 0. The van der Waals surface area contributed by atoms with Crippen molar-refractivity contribution in [1.29, 1.82) is 0 Å². The van der Waals surface area contributed by atoms with E-state index in [2.05, 4.69) is 14.1 Å². The average Bonchev–Trinajstić information content (AvgIpc) is 3.36. The summed E-state index contributed by atoms with van der Waals surface area (Å²) < 4.78 is 4.23. The van der Waals surface area contributed by atoms with Crippen LogP contribution in [0.25, 0.3) is 0 Å². The molecular weight excluding hydrogens is 312 g/mol. The number of hydrogen-bond acceptors (Lipinski definition) is 2. The third kappa shape index (κ3) is 3.50. The molecule has 4 rings (SSSR count). The second-order valence-corrected chi connectivity index (χ2v) is 6.61. The molecule has 2 aromatic heterocycles. The molecule has 0 saturated carbocycles. The van der Waals surface area contributed by atoms with E-state index in [4.69, 9.17) is 0 Å². The van der Waals surface area contributed by atoms with Gasteiger partial charge in [-0.1, -0.05) is 12.1 Å². The Morgan fingerprint density at radius 2 is 1.92 bits per heavy atom. The quantitative estimate of drug-likeness (QED) is 0.735. The topological polar surface area (TPSA) is 43.1 Å². The van der Waals surface area contributed by atoms with Crippen LogP contribution in [0.15, 0.2) is 67.5 Å². The van der Waals surface area contributed by atoms with Crippen molar-refractivity contribution >= 4 is 5.91 Å². The van der Waals surface area contributed by atoms with E-state index in [0.29, 0.717) is 6.04 Å². The number of carbonyl (C=O) groups is 1. The number of aromatic nitrogens is 3. The summed E-state index contributed by atoms with van der Waals surface area (Å²) in [6.45, 7) is 2.41.